The second-order valence-electron chi connectivity index (χ2n) is 3.87. The molecule has 0 saturated heterocycles. The summed E-state index contributed by atoms with van der Waals surface area (Å²) in [6, 6.07) is 7.95. The van der Waals surface area contributed by atoms with E-state index in [1.165, 1.54) is 24.3 Å². The zero-order valence-electron chi connectivity index (χ0n) is 10.00. The minimum atomic E-state index is -1.65. The number of rotatable bonds is 4. The van der Waals surface area contributed by atoms with Crippen LogP contribution in [0, 0.1) is 17.1 Å². The van der Waals surface area contributed by atoms with E-state index < -0.39 is 22.6 Å². The van der Waals surface area contributed by atoms with E-state index in [1.807, 2.05) is 0 Å². The van der Waals surface area contributed by atoms with Gasteiger partial charge in [-0.1, -0.05) is 0 Å². The fraction of sp³-hybridized carbons (Fsp3) is 0.0769. The standard InChI is InChI=1S/C13H8FNO4S/c14-10-4-8(6-15)3-9(5-10)7-20(18)12-2-1-11(19-12)13(16)17/h1-5H,7H2,(H,16,17). The van der Waals surface area contributed by atoms with E-state index in [0.29, 0.717) is 5.56 Å². The Morgan fingerprint density at radius 2 is 2.15 bits per heavy atom. The van der Waals surface area contributed by atoms with Crippen LogP contribution >= 0.6 is 0 Å². The summed E-state index contributed by atoms with van der Waals surface area (Å²) < 4.78 is 30.1. The maximum absolute atomic E-state index is 13.2. The number of hydrogen-bond acceptors (Lipinski definition) is 4. The maximum Gasteiger partial charge on any atom is 0.371 e. The van der Waals surface area contributed by atoms with Crippen LogP contribution in [0.1, 0.15) is 21.7 Å². The Bertz CT molecular complexity index is 732. The van der Waals surface area contributed by atoms with E-state index in [0.717, 1.165) is 6.07 Å². The van der Waals surface area contributed by atoms with Gasteiger partial charge in [0.2, 0.25) is 5.76 Å². The van der Waals surface area contributed by atoms with Crippen LogP contribution in [0.3, 0.4) is 0 Å². The molecule has 0 spiro atoms. The number of carboxylic acid groups (broad SMARTS) is 1. The highest BCUT2D eigenvalue weighted by atomic mass is 32.2. The molecule has 1 atom stereocenters. The van der Waals surface area contributed by atoms with Gasteiger partial charge in [-0.15, -0.1) is 0 Å². The second-order valence-corrected chi connectivity index (χ2v) is 5.26. The van der Waals surface area contributed by atoms with Gasteiger partial charge in [0.1, 0.15) is 5.82 Å². The largest absolute Gasteiger partial charge is 0.475 e. The quantitative estimate of drug-likeness (QED) is 0.933. The van der Waals surface area contributed by atoms with Crippen molar-refractivity contribution < 1.29 is 22.9 Å². The third-order valence-corrected chi connectivity index (χ3v) is 3.66. The fourth-order valence-corrected chi connectivity index (χ4v) is 2.59. The highest BCUT2D eigenvalue weighted by Gasteiger charge is 2.14. The van der Waals surface area contributed by atoms with Gasteiger partial charge < -0.3 is 9.52 Å². The van der Waals surface area contributed by atoms with Gasteiger partial charge in [-0.25, -0.2) is 9.18 Å². The second kappa shape index (κ2) is 5.67. The number of nitriles is 1. The first-order valence-corrected chi connectivity index (χ1v) is 6.72. The SMILES string of the molecule is N#Cc1cc(F)cc(CS(=O)c2ccc(C(=O)O)o2)c1. The van der Waals surface area contributed by atoms with E-state index in [2.05, 4.69) is 0 Å². The van der Waals surface area contributed by atoms with Gasteiger partial charge >= 0.3 is 5.97 Å². The van der Waals surface area contributed by atoms with Crippen LogP contribution in [-0.4, -0.2) is 15.3 Å². The monoisotopic (exact) mass is 293 g/mol. The third-order valence-electron chi connectivity index (χ3n) is 2.40. The molecule has 1 aromatic heterocycles. The molecule has 0 radical (unpaired) electrons. The minimum absolute atomic E-state index is 0.00910. The molecular formula is C13H8FNO4S. The van der Waals surface area contributed by atoms with Gasteiger partial charge in [-0.3, -0.25) is 4.21 Å². The summed E-state index contributed by atoms with van der Waals surface area (Å²) in [5, 5.41) is 17.4. The summed E-state index contributed by atoms with van der Waals surface area (Å²) in [4.78, 5) is 10.6. The lowest BCUT2D eigenvalue weighted by Crippen LogP contribution is -1.97. The van der Waals surface area contributed by atoms with Crippen LogP contribution in [0.2, 0.25) is 0 Å². The topological polar surface area (TPSA) is 91.3 Å². The van der Waals surface area contributed by atoms with Crippen molar-refractivity contribution >= 4 is 16.8 Å². The highest BCUT2D eigenvalue weighted by Crippen LogP contribution is 2.17. The van der Waals surface area contributed by atoms with Gasteiger partial charge in [0, 0.05) is 0 Å². The smallest absolute Gasteiger partial charge is 0.371 e. The normalized spacial score (nSPS) is 11.8. The fourth-order valence-electron chi connectivity index (χ4n) is 1.58. The Morgan fingerprint density at radius 1 is 1.40 bits per heavy atom. The van der Waals surface area contributed by atoms with E-state index in [9.17, 15) is 13.4 Å². The van der Waals surface area contributed by atoms with Gasteiger partial charge in [0.15, 0.2) is 5.09 Å². The maximum atomic E-state index is 13.2. The van der Waals surface area contributed by atoms with Gasteiger partial charge in [0.25, 0.3) is 0 Å². The van der Waals surface area contributed by atoms with Crippen molar-refractivity contribution in [1.29, 1.82) is 5.26 Å². The van der Waals surface area contributed by atoms with E-state index >= 15 is 0 Å². The van der Waals surface area contributed by atoms with Crippen LogP contribution in [-0.2, 0) is 16.6 Å². The Labute approximate surface area is 115 Å². The molecular weight excluding hydrogens is 285 g/mol. The molecule has 0 fully saturated rings. The highest BCUT2D eigenvalue weighted by molar-refractivity contribution is 7.84. The summed E-state index contributed by atoms with van der Waals surface area (Å²) >= 11 is 0. The molecule has 0 aliphatic rings. The first-order valence-electron chi connectivity index (χ1n) is 5.40. The molecule has 1 N–H and O–H groups in total. The van der Waals surface area contributed by atoms with Crippen molar-refractivity contribution in [2.75, 3.05) is 0 Å². The van der Waals surface area contributed by atoms with Crippen LogP contribution in [0.4, 0.5) is 4.39 Å². The molecule has 0 amide bonds. The number of hydrogen-bond donors (Lipinski definition) is 1. The van der Waals surface area contributed by atoms with Crippen LogP contribution < -0.4 is 0 Å². The van der Waals surface area contributed by atoms with E-state index in [-0.39, 0.29) is 22.2 Å². The van der Waals surface area contributed by atoms with Gasteiger partial charge in [0.05, 0.1) is 28.2 Å². The van der Waals surface area contributed by atoms with Crippen molar-refractivity contribution in [3.63, 3.8) is 0 Å². The molecule has 1 heterocycles. The average Bonchev–Trinajstić information content (AvgIpc) is 2.87. The Balaban J connectivity index is 2.21. The van der Waals surface area contributed by atoms with Crippen molar-refractivity contribution in [2.45, 2.75) is 10.8 Å². The minimum Gasteiger partial charge on any atom is -0.475 e. The van der Waals surface area contributed by atoms with Crippen molar-refractivity contribution in [3.8, 4) is 6.07 Å². The van der Waals surface area contributed by atoms with E-state index in [4.69, 9.17) is 14.8 Å². The molecule has 1 aromatic carbocycles. The number of aromatic carboxylic acids is 1. The predicted molar refractivity (Wildman–Crippen MR) is 66.9 cm³/mol. The summed E-state index contributed by atoms with van der Waals surface area (Å²) in [6.45, 7) is 0. The molecule has 20 heavy (non-hydrogen) atoms. The van der Waals surface area contributed by atoms with Crippen molar-refractivity contribution in [3.05, 3.63) is 53.0 Å². The molecule has 7 heteroatoms. The number of benzene rings is 1. The molecule has 0 aliphatic heterocycles. The Kier molecular flexibility index (Phi) is 3.96. The molecule has 2 aromatic rings. The van der Waals surface area contributed by atoms with Crippen LogP contribution in [0.5, 0.6) is 0 Å². The zero-order chi connectivity index (χ0) is 14.7. The lowest BCUT2D eigenvalue weighted by Gasteiger charge is -2.01. The summed E-state index contributed by atoms with van der Waals surface area (Å²) in [6.07, 6.45) is 0. The molecule has 102 valence electrons. The molecule has 2 rings (SSSR count). The van der Waals surface area contributed by atoms with Gasteiger partial charge in [-0.05, 0) is 35.9 Å². The first kappa shape index (κ1) is 14.0. The number of furan rings is 1. The number of carboxylic acids is 1. The van der Waals surface area contributed by atoms with Gasteiger partial charge in [-0.2, -0.15) is 5.26 Å². The summed E-state index contributed by atoms with van der Waals surface area (Å²) in [5.41, 5.74) is 0.496. The van der Waals surface area contributed by atoms with Crippen molar-refractivity contribution in [2.24, 2.45) is 0 Å². The Hall–Kier alpha value is -2.46. The third kappa shape index (κ3) is 3.10. The van der Waals surface area contributed by atoms with Crippen molar-refractivity contribution in [1.82, 2.24) is 0 Å². The average molecular weight is 293 g/mol. The van der Waals surface area contributed by atoms with Crippen LogP contribution in [0.25, 0.3) is 0 Å². The van der Waals surface area contributed by atoms with Crippen LogP contribution in [0.15, 0.2) is 39.8 Å². The summed E-state index contributed by atoms with van der Waals surface area (Å²) in [7, 11) is -1.65. The number of halogens is 1. The lowest BCUT2D eigenvalue weighted by molar-refractivity contribution is 0.0656. The number of nitrogens with zero attached hydrogens (tertiary/aromatic N) is 1. The Morgan fingerprint density at radius 3 is 2.75 bits per heavy atom. The molecule has 0 bridgehead atoms. The number of carbonyl (C=O) groups is 1. The lowest BCUT2D eigenvalue weighted by atomic mass is 10.1. The molecule has 0 aliphatic carbocycles. The van der Waals surface area contributed by atoms with E-state index in [1.54, 1.807) is 6.07 Å². The molecule has 1 unspecified atom stereocenters. The zero-order valence-corrected chi connectivity index (χ0v) is 10.8. The predicted octanol–water partition coefficient (Wildman–Crippen LogP) is 2.30. The summed E-state index contributed by atoms with van der Waals surface area (Å²) in [5.74, 6) is -2.24. The first-order chi connectivity index (χ1) is 9.49. The molecule has 5 nitrogen and oxygen atoms in total. The molecule has 0 saturated carbocycles.